The highest BCUT2D eigenvalue weighted by Gasteiger charge is 2.10. The fourth-order valence-electron chi connectivity index (χ4n) is 2.35. The number of fused-ring (bicyclic) bond motifs is 1. The molecular weight excluding hydrogens is 260 g/mol. The van der Waals surface area contributed by atoms with E-state index in [2.05, 4.69) is 52.7 Å². The van der Waals surface area contributed by atoms with Crippen LogP contribution in [-0.4, -0.2) is 9.55 Å². The second-order valence-electron chi connectivity index (χ2n) is 5.12. The van der Waals surface area contributed by atoms with E-state index in [-0.39, 0.29) is 0 Å². The number of azo groups is 1. The third kappa shape index (κ3) is 2.57. The number of hydrogen-bond acceptors (Lipinski definition) is 3. The van der Waals surface area contributed by atoms with Gasteiger partial charge in [0, 0.05) is 6.54 Å². The van der Waals surface area contributed by atoms with Gasteiger partial charge in [-0.3, -0.25) is 0 Å². The quantitative estimate of drug-likeness (QED) is 0.615. The van der Waals surface area contributed by atoms with Gasteiger partial charge in [-0.2, -0.15) is 0 Å². The summed E-state index contributed by atoms with van der Waals surface area (Å²) in [5.74, 6) is 0.654. The molecule has 3 aromatic rings. The lowest BCUT2D eigenvalue weighted by Gasteiger charge is -2.03. The second-order valence-corrected chi connectivity index (χ2v) is 5.12. The summed E-state index contributed by atoms with van der Waals surface area (Å²) < 4.78 is 2.09. The Morgan fingerprint density at radius 1 is 1.00 bits per heavy atom. The zero-order valence-electron chi connectivity index (χ0n) is 12.5. The molecule has 3 rings (SSSR count). The first-order valence-corrected chi connectivity index (χ1v) is 7.13. The summed E-state index contributed by atoms with van der Waals surface area (Å²) in [5, 5.41) is 8.59. The molecule has 0 bridgehead atoms. The minimum atomic E-state index is 0.654. The number of rotatable bonds is 3. The van der Waals surface area contributed by atoms with Crippen LogP contribution in [0.2, 0.25) is 0 Å². The highest BCUT2D eigenvalue weighted by atomic mass is 15.3. The molecule has 0 saturated heterocycles. The molecule has 0 atom stereocenters. The third-order valence-corrected chi connectivity index (χ3v) is 3.67. The molecule has 0 aliphatic heterocycles. The molecular formula is C17H18N4. The van der Waals surface area contributed by atoms with Crippen LogP contribution in [0.5, 0.6) is 0 Å². The lowest BCUT2D eigenvalue weighted by atomic mass is 10.1. The van der Waals surface area contributed by atoms with Gasteiger partial charge in [-0.15, -0.1) is 10.2 Å². The smallest absolute Gasteiger partial charge is 0.250 e. The summed E-state index contributed by atoms with van der Waals surface area (Å²) in [6.45, 7) is 7.14. The Hall–Kier alpha value is -2.49. The Morgan fingerprint density at radius 2 is 1.71 bits per heavy atom. The monoisotopic (exact) mass is 278 g/mol. The number of hydrogen-bond donors (Lipinski definition) is 0. The Bertz CT molecular complexity index is 801. The Kier molecular flexibility index (Phi) is 3.52. The number of imidazole rings is 1. The molecule has 4 heteroatoms. The predicted octanol–water partition coefficient (Wildman–Crippen LogP) is 5.09. The molecule has 0 fully saturated rings. The van der Waals surface area contributed by atoms with Gasteiger partial charge in [0.25, 0.3) is 0 Å². The Morgan fingerprint density at radius 3 is 2.43 bits per heavy atom. The van der Waals surface area contributed by atoms with Crippen molar-refractivity contribution < 1.29 is 0 Å². The summed E-state index contributed by atoms with van der Waals surface area (Å²) in [6, 6.07) is 14.0. The number of aryl methyl sites for hydroxylation is 3. The molecule has 0 aliphatic rings. The molecule has 0 aliphatic carbocycles. The molecule has 1 heterocycles. The molecule has 0 radical (unpaired) electrons. The first-order valence-electron chi connectivity index (χ1n) is 7.13. The van der Waals surface area contributed by atoms with Crippen LogP contribution in [0.4, 0.5) is 11.6 Å². The van der Waals surface area contributed by atoms with Crippen LogP contribution in [0.25, 0.3) is 11.0 Å². The Labute approximate surface area is 124 Å². The van der Waals surface area contributed by atoms with Crippen LogP contribution in [0.3, 0.4) is 0 Å². The highest BCUT2D eigenvalue weighted by molar-refractivity contribution is 5.80. The average Bonchev–Trinajstić information content (AvgIpc) is 2.83. The molecule has 0 spiro atoms. The standard InChI is InChI=1S/C17H18N4/c1-4-21-16-11-13(3)12(2)10-15(16)18-17(21)20-19-14-8-6-5-7-9-14/h5-11H,4H2,1-3H3. The lowest BCUT2D eigenvalue weighted by molar-refractivity contribution is 0.781. The fraction of sp³-hybridized carbons (Fsp3) is 0.235. The number of benzene rings is 2. The molecule has 0 unspecified atom stereocenters. The van der Waals surface area contributed by atoms with E-state index in [1.165, 1.54) is 11.1 Å². The van der Waals surface area contributed by atoms with Gasteiger partial charge < -0.3 is 4.57 Å². The van der Waals surface area contributed by atoms with Gasteiger partial charge in [-0.05, 0) is 56.2 Å². The van der Waals surface area contributed by atoms with Crippen molar-refractivity contribution >= 4 is 22.7 Å². The molecule has 4 nitrogen and oxygen atoms in total. The molecule has 0 saturated carbocycles. The maximum absolute atomic E-state index is 4.60. The lowest BCUT2D eigenvalue weighted by Crippen LogP contribution is -1.93. The fourth-order valence-corrected chi connectivity index (χ4v) is 2.35. The maximum atomic E-state index is 4.60. The molecule has 1 aromatic heterocycles. The van der Waals surface area contributed by atoms with Crippen molar-refractivity contribution in [1.82, 2.24) is 9.55 Å². The van der Waals surface area contributed by atoms with Crippen molar-refractivity contribution in [2.75, 3.05) is 0 Å². The number of nitrogens with zero attached hydrogens (tertiary/aromatic N) is 4. The van der Waals surface area contributed by atoms with Crippen molar-refractivity contribution in [1.29, 1.82) is 0 Å². The van der Waals surface area contributed by atoms with Gasteiger partial charge in [-0.25, -0.2) is 4.98 Å². The molecule has 21 heavy (non-hydrogen) atoms. The van der Waals surface area contributed by atoms with E-state index in [4.69, 9.17) is 0 Å². The molecule has 0 N–H and O–H groups in total. The van der Waals surface area contributed by atoms with Crippen LogP contribution >= 0.6 is 0 Å². The molecule has 0 amide bonds. The van der Waals surface area contributed by atoms with E-state index >= 15 is 0 Å². The number of aromatic nitrogens is 2. The van der Waals surface area contributed by atoms with Crippen LogP contribution in [0, 0.1) is 13.8 Å². The zero-order valence-corrected chi connectivity index (χ0v) is 12.5. The maximum Gasteiger partial charge on any atom is 0.250 e. The van der Waals surface area contributed by atoms with Gasteiger partial charge in [0.1, 0.15) is 0 Å². The summed E-state index contributed by atoms with van der Waals surface area (Å²) >= 11 is 0. The second kappa shape index (κ2) is 5.48. The SMILES string of the molecule is CCn1c(N=Nc2ccccc2)nc2cc(C)c(C)cc21. The van der Waals surface area contributed by atoms with Crippen LogP contribution in [0.1, 0.15) is 18.1 Å². The van der Waals surface area contributed by atoms with E-state index < -0.39 is 0 Å². The van der Waals surface area contributed by atoms with E-state index in [0.717, 1.165) is 23.3 Å². The van der Waals surface area contributed by atoms with Gasteiger partial charge in [0.15, 0.2) is 0 Å². The minimum absolute atomic E-state index is 0.654. The molecule has 2 aromatic carbocycles. The van der Waals surface area contributed by atoms with Crippen LogP contribution in [0.15, 0.2) is 52.7 Å². The molecule has 106 valence electrons. The largest absolute Gasteiger partial charge is 0.307 e. The highest BCUT2D eigenvalue weighted by Crippen LogP contribution is 2.26. The van der Waals surface area contributed by atoms with Crippen molar-refractivity contribution in [2.45, 2.75) is 27.3 Å². The van der Waals surface area contributed by atoms with E-state index in [9.17, 15) is 0 Å². The van der Waals surface area contributed by atoms with Crippen LogP contribution in [-0.2, 0) is 6.54 Å². The average molecular weight is 278 g/mol. The van der Waals surface area contributed by atoms with Crippen molar-refractivity contribution in [3.63, 3.8) is 0 Å². The van der Waals surface area contributed by atoms with Gasteiger partial charge >= 0.3 is 0 Å². The van der Waals surface area contributed by atoms with Crippen molar-refractivity contribution in [3.05, 3.63) is 53.6 Å². The van der Waals surface area contributed by atoms with E-state index in [1.54, 1.807) is 0 Å². The minimum Gasteiger partial charge on any atom is -0.307 e. The van der Waals surface area contributed by atoms with E-state index in [0.29, 0.717) is 5.95 Å². The third-order valence-electron chi connectivity index (χ3n) is 3.67. The first-order chi connectivity index (χ1) is 10.2. The van der Waals surface area contributed by atoms with Crippen LogP contribution < -0.4 is 0 Å². The first kappa shape index (κ1) is 13.5. The summed E-state index contributed by atoms with van der Waals surface area (Å²) in [6.07, 6.45) is 0. The summed E-state index contributed by atoms with van der Waals surface area (Å²) in [5.41, 5.74) is 5.43. The van der Waals surface area contributed by atoms with Crippen molar-refractivity contribution in [2.24, 2.45) is 10.2 Å². The summed E-state index contributed by atoms with van der Waals surface area (Å²) in [7, 11) is 0. The zero-order chi connectivity index (χ0) is 14.8. The topological polar surface area (TPSA) is 42.5 Å². The van der Waals surface area contributed by atoms with Gasteiger partial charge in [0.2, 0.25) is 5.95 Å². The summed E-state index contributed by atoms with van der Waals surface area (Å²) in [4.78, 5) is 4.60. The predicted molar refractivity (Wildman–Crippen MR) is 85.5 cm³/mol. The normalized spacial score (nSPS) is 11.6. The van der Waals surface area contributed by atoms with Gasteiger partial charge in [0.05, 0.1) is 16.7 Å². The van der Waals surface area contributed by atoms with Gasteiger partial charge in [-0.1, -0.05) is 18.2 Å². The van der Waals surface area contributed by atoms with Crippen molar-refractivity contribution in [3.8, 4) is 0 Å². The van der Waals surface area contributed by atoms with E-state index in [1.807, 2.05) is 30.3 Å². The Balaban J connectivity index is 2.08.